The smallest absolute Gasteiger partial charge is 0.163 e. The molecule has 0 spiro atoms. The van der Waals surface area contributed by atoms with E-state index in [0.717, 1.165) is 30.6 Å². The van der Waals surface area contributed by atoms with Crippen molar-refractivity contribution in [1.82, 2.24) is 4.90 Å². The zero-order valence-electron chi connectivity index (χ0n) is 12.6. The Kier molecular flexibility index (Phi) is 3.63. The third kappa shape index (κ3) is 2.69. The lowest BCUT2D eigenvalue weighted by Crippen LogP contribution is -2.44. The number of anilines is 1. The molecule has 1 atom stereocenters. The molecular formula is C17H24N2O2. The third-order valence-electron chi connectivity index (χ3n) is 4.94. The SMILES string of the molecule is c1cc2c(cc1N1CCCN3CCCCC3C1)OCCO2. The fourth-order valence-electron chi connectivity index (χ4n) is 3.83. The van der Waals surface area contributed by atoms with Crippen molar-refractivity contribution in [2.75, 3.05) is 44.3 Å². The van der Waals surface area contributed by atoms with Gasteiger partial charge in [0.05, 0.1) is 0 Å². The highest BCUT2D eigenvalue weighted by atomic mass is 16.6. The van der Waals surface area contributed by atoms with Crippen molar-refractivity contribution in [3.63, 3.8) is 0 Å². The van der Waals surface area contributed by atoms with E-state index in [0.29, 0.717) is 13.2 Å². The molecule has 1 aromatic rings. The summed E-state index contributed by atoms with van der Waals surface area (Å²) in [6, 6.07) is 7.14. The van der Waals surface area contributed by atoms with E-state index in [2.05, 4.69) is 28.0 Å². The molecule has 0 aromatic heterocycles. The molecule has 0 aliphatic carbocycles. The summed E-state index contributed by atoms with van der Waals surface area (Å²) < 4.78 is 11.4. The summed E-state index contributed by atoms with van der Waals surface area (Å²) in [6.45, 7) is 6.16. The van der Waals surface area contributed by atoms with Crippen LogP contribution in [0.3, 0.4) is 0 Å². The van der Waals surface area contributed by atoms with Gasteiger partial charge in [-0.3, -0.25) is 4.90 Å². The maximum absolute atomic E-state index is 5.73. The van der Waals surface area contributed by atoms with Gasteiger partial charge in [-0.2, -0.15) is 0 Å². The lowest BCUT2D eigenvalue weighted by molar-refractivity contribution is 0.162. The van der Waals surface area contributed by atoms with Crippen LogP contribution in [0, 0.1) is 0 Å². The summed E-state index contributed by atoms with van der Waals surface area (Å²) in [5.74, 6) is 1.79. The van der Waals surface area contributed by atoms with Crippen LogP contribution in [-0.4, -0.2) is 50.3 Å². The zero-order chi connectivity index (χ0) is 14.1. The van der Waals surface area contributed by atoms with Gasteiger partial charge in [-0.05, 0) is 37.9 Å². The Morgan fingerprint density at radius 2 is 1.76 bits per heavy atom. The molecule has 3 heterocycles. The van der Waals surface area contributed by atoms with Gasteiger partial charge in [-0.1, -0.05) is 6.42 Å². The fourth-order valence-corrected chi connectivity index (χ4v) is 3.83. The molecule has 21 heavy (non-hydrogen) atoms. The summed E-state index contributed by atoms with van der Waals surface area (Å²) in [4.78, 5) is 5.23. The number of rotatable bonds is 1. The molecule has 1 unspecified atom stereocenters. The second-order valence-corrected chi connectivity index (χ2v) is 6.31. The second-order valence-electron chi connectivity index (χ2n) is 6.31. The Hall–Kier alpha value is -1.42. The second kappa shape index (κ2) is 5.76. The minimum Gasteiger partial charge on any atom is -0.486 e. The Morgan fingerprint density at radius 3 is 2.71 bits per heavy atom. The number of benzene rings is 1. The molecule has 2 fully saturated rings. The lowest BCUT2D eigenvalue weighted by Gasteiger charge is -2.36. The molecule has 4 heteroatoms. The summed E-state index contributed by atoms with van der Waals surface area (Å²) >= 11 is 0. The van der Waals surface area contributed by atoms with Gasteiger partial charge in [-0.15, -0.1) is 0 Å². The van der Waals surface area contributed by atoms with E-state index in [4.69, 9.17) is 9.47 Å². The number of piperidine rings is 1. The maximum Gasteiger partial charge on any atom is 0.163 e. The molecule has 0 amide bonds. The van der Waals surface area contributed by atoms with Crippen LogP contribution in [0.25, 0.3) is 0 Å². The van der Waals surface area contributed by atoms with Gasteiger partial charge in [-0.25, -0.2) is 0 Å². The monoisotopic (exact) mass is 288 g/mol. The first-order chi connectivity index (χ1) is 10.4. The minimum absolute atomic E-state index is 0.660. The number of ether oxygens (including phenoxy) is 2. The van der Waals surface area contributed by atoms with Crippen LogP contribution in [0.4, 0.5) is 5.69 Å². The topological polar surface area (TPSA) is 24.9 Å². The molecule has 4 nitrogen and oxygen atoms in total. The zero-order valence-corrected chi connectivity index (χ0v) is 12.6. The van der Waals surface area contributed by atoms with Gasteiger partial charge >= 0.3 is 0 Å². The molecule has 3 aliphatic heterocycles. The molecular weight excluding hydrogens is 264 g/mol. The average molecular weight is 288 g/mol. The highest BCUT2D eigenvalue weighted by Gasteiger charge is 2.27. The quantitative estimate of drug-likeness (QED) is 0.793. The van der Waals surface area contributed by atoms with Crippen LogP contribution >= 0.6 is 0 Å². The highest BCUT2D eigenvalue weighted by Crippen LogP contribution is 2.35. The molecule has 3 aliphatic rings. The van der Waals surface area contributed by atoms with Crippen LogP contribution < -0.4 is 14.4 Å². The molecule has 2 saturated heterocycles. The van der Waals surface area contributed by atoms with Crippen molar-refractivity contribution < 1.29 is 9.47 Å². The van der Waals surface area contributed by atoms with E-state index in [1.54, 1.807) is 0 Å². The number of hydrogen-bond donors (Lipinski definition) is 0. The number of fused-ring (bicyclic) bond motifs is 2. The van der Waals surface area contributed by atoms with Gasteiger partial charge in [0.1, 0.15) is 13.2 Å². The Labute approximate surface area is 126 Å². The van der Waals surface area contributed by atoms with Crippen molar-refractivity contribution in [2.45, 2.75) is 31.7 Å². The molecule has 0 bridgehead atoms. The molecule has 1 aromatic carbocycles. The molecule has 0 saturated carbocycles. The first-order valence-electron chi connectivity index (χ1n) is 8.29. The van der Waals surface area contributed by atoms with Gasteiger partial charge in [0.15, 0.2) is 11.5 Å². The molecule has 0 radical (unpaired) electrons. The van der Waals surface area contributed by atoms with Crippen LogP contribution in [0.5, 0.6) is 11.5 Å². The van der Waals surface area contributed by atoms with Crippen molar-refractivity contribution >= 4 is 5.69 Å². The van der Waals surface area contributed by atoms with E-state index in [1.165, 1.54) is 44.5 Å². The van der Waals surface area contributed by atoms with Gasteiger partial charge in [0, 0.05) is 37.4 Å². The molecule has 114 valence electrons. The largest absolute Gasteiger partial charge is 0.486 e. The third-order valence-corrected chi connectivity index (χ3v) is 4.94. The van der Waals surface area contributed by atoms with Gasteiger partial charge in [0.2, 0.25) is 0 Å². The standard InChI is InChI=1S/C17H24N2O2/c1-2-7-18-8-3-9-19(13-15(18)4-1)14-5-6-16-17(12-14)21-11-10-20-16/h5-6,12,15H,1-4,7-11,13H2. The summed E-state index contributed by atoms with van der Waals surface area (Å²) in [7, 11) is 0. The number of hydrogen-bond acceptors (Lipinski definition) is 4. The van der Waals surface area contributed by atoms with Crippen molar-refractivity contribution in [1.29, 1.82) is 0 Å². The Bertz CT molecular complexity index is 506. The van der Waals surface area contributed by atoms with Crippen molar-refractivity contribution in [3.05, 3.63) is 18.2 Å². The maximum atomic E-state index is 5.73. The average Bonchev–Trinajstić information content (AvgIpc) is 2.76. The van der Waals surface area contributed by atoms with Crippen LogP contribution in [0.15, 0.2) is 18.2 Å². The predicted octanol–water partition coefficient (Wildman–Crippen LogP) is 2.52. The van der Waals surface area contributed by atoms with Gasteiger partial charge < -0.3 is 14.4 Å². The first kappa shape index (κ1) is 13.3. The number of nitrogens with zero attached hydrogens (tertiary/aromatic N) is 2. The highest BCUT2D eigenvalue weighted by molar-refractivity contribution is 5.57. The molecule has 0 N–H and O–H groups in total. The van der Waals surface area contributed by atoms with Crippen LogP contribution in [0.1, 0.15) is 25.7 Å². The lowest BCUT2D eigenvalue weighted by atomic mass is 10.0. The summed E-state index contributed by atoms with van der Waals surface area (Å²) in [6.07, 6.45) is 5.36. The Morgan fingerprint density at radius 1 is 0.905 bits per heavy atom. The normalized spacial score (nSPS) is 26.1. The summed E-state index contributed by atoms with van der Waals surface area (Å²) in [5, 5.41) is 0. The van der Waals surface area contributed by atoms with E-state index < -0.39 is 0 Å². The van der Waals surface area contributed by atoms with Crippen molar-refractivity contribution in [3.8, 4) is 11.5 Å². The fraction of sp³-hybridized carbons (Fsp3) is 0.647. The van der Waals surface area contributed by atoms with Crippen LogP contribution in [-0.2, 0) is 0 Å². The van der Waals surface area contributed by atoms with E-state index in [-0.39, 0.29) is 0 Å². The minimum atomic E-state index is 0.660. The predicted molar refractivity (Wildman–Crippen MR) is 83.5 cm³/mol. The van der Waals surface area contributed by atoms with Gasteiger partial charge in [0.25, 0.3) is 0 Å². The Balaban J connectivity index is 1.54. The van der Waals surface area contributed by atoms with Crippen LogP contribution in [0.2, 0.25) is 0 Å². The van der Waals surface area contributed by atoms with E-state index >= 15 is 0 Å². The molecule has 4 rings (SSSR count). The van der Waals surface area contributed by atoms with E-state index in [1.807, 2.05) is 0 Å². The van der Waals surface area contributed by atoms with E-state index in [9.17, 15) is 0 Å². The summed E-state index contributed by atoms with van der Waals surface area (Å²) in [5.41, 5.74) is 1.28. The first-order valence-corrected chi connectivity index (χ1v) is 8.29. The van der Waals surface area contributed by atoms with Crippen molar-refractivity contribution in [2.24, 2.45) is 0 Å².